The number of hydrogen-bond acceptors (Lipinski definition) is 3. The molecule has 0 atom stereocenters. The van der Waals surface area contributed by atoms with E-state index in [0.717, 1.165) is 38.9 Å². The predicted molar refractivity (Wildman–Crippen MR) is 65.4 cm³/mol. The van der Waals surface area contributed by atoms with Gasteiger partial charge < -0.3 is 9.47 Å². The van der Waals surface area contributed by atoms with E-state index in [1.165, 1.54) is 0 Å². The zero-order chi connectivity index (χ0) is 12.2. The van der Waals surface area contributed by atoms with E-state index in [0.29, 0.717) is 18.9 Å². The summed E-state index contributed by atoms with van der Waals surface area (Å²) in [6.07, 6.45) is 4.33. The third kappa shape index (κ3) is 11.5. The molecular formula is C13H26O3. The zero-order valence-corrected chi connectivity index (χ0v) is 11.0. The summed E-state index contributed by atoms with van der Waals surface area (Å²) in [4.78, 5) is 11.3. The number of carbonyl (C=O) groups is 1. The summed E-state index contributed by atoms with van der Waals surface area (Å²) < 4.78 is 10.4. The minimum atomic E-state index is -0.0730. The Morgan fingerprint density at radius 3 is 2.50 bits per heavy atom. The standard InChI is InChI=1S/C13H26O3/c1-4-9-15-10-6-5-7-13(14)16-11-8-12(2)3/h12H,4-11H2,1-3H3. The predicted octanol–water partition coefficient (Wildman–Crippen LogP) is 3.17. The molecule has 0 aromatic carbocycles. The van der Waals surface area contributed by atoms with Crippen LogP contribution in [0.3, 0.4) is 0 Å². The van der Waals surface area contributed by atoms with Crippen molar-refractivity contribution in [2.75, 3.05) is 19.8 Å². The van der Waals surface area contributed by atoms with Gasteiger partial charge in [0.2, 0.25) is 0 Å². The summed E-state index contributed by atoms with van der Waals surface area (Å²) in [5.41, 5.74) is 0. The monoisotopic (exact) mass is 230 g/mol. The first-order valence-corrected chi connectivity index (χ1v) is 6.40. The lowest BCUT2D eigenvalue weighted by atomic mass is 10.1. The van der Waals surface area contributed by atoms with Crippen LogP contribution in [-0.4, -0.2) is 25.8 Å². The summed E-state index contributed by atoms with van der Waals surface area (Å²) in [6, 6.07) is 0. The summed E-state index contributed by atoms with van der Waals surface area (Å²) in [5, 5.41) is 0. The van der Waals surface area contributed by atoms with Crippen LogP contribution >= 0.6 is 0 Å². The maximum atomic E-state index is 11.3. The van der Waals surface area contributed by atoms with Crippen molar-refractivity contribution in [3.05, 3.63) is 0 Å². The van der Waals surface area contributed by atoms with E-state index in [2.05, 4.69) is 20.8 Å². The molecule has 0 unspecified atom stereocenters. The molecule has 0 amide bonds. The molecule has 0 aliphatic carbocycles. The fraction of sp³-hybridized carbons (Fsp3) is 0.923. The molecule has 0 aromatic heterocycles. The van der Waals surface area contributed by atoms with Gasteiger partial charge in [0.25, 0.3) is 0 Å². The van der Waals surface area contributed by atoms with Crippen LogP contribution in [0.15, 0.2) is 0 Å². The molecule has 0 N–H and O–H groups in total. The second kappa shape index (κ2) is 10.9. The highest BCUT2D eigenvalue weighted by Gasteiger charge is 2.03. The number of hydrogen-bond donors (Lipinski definition) is 0. The molecule has 0 bridgehead atoms. The molecule has 0 saturated carbocycles. The fourth-order valence-corrected chi connectivity index (χ4v) is 1.20. The van der Waals surface area contributed by atoms with E-state index < -0.39 is 0 Å². The number of unbranched alkanes of at least 4 members (excludes halogenated alkanes) is 1. The highest BCUT2D eigenvalue weighted by molar-refractivity contribution is 5.69. The molecule has 0 radical (unpaired) electrons. The molecule has 0 fully saturated rings. The van der Waals surface area contributed by atoms with Crippen molar-refractivity contribution >= 4 is 5.97 Å². The van der Waals surface area contributed by atoms with Gasteiger partial charge in [0.05, 0.1) is 6.61 Å². The lowest BCUT2D eigenvalue weighted by molar-refractivity contribution is -0.144. The van der Waals surface area contributed by atoms with Gasteiger partial charge in [-0.05, 0) is 31.6 Å². The van der Waals surface area contributed by atoms with Gasteiger partial charge in [-0.15, -0.1) is 0 Å². The minimum Gasteiger partial charge on any atom is -0.466 e. The van der Waals surface area contributed by atoms with Crippen molar-refractivity contribution < 1.29 is 14.3 Å². The van der Waals surface area contributed by atoms with Crippen molar-refractivity contribution in [2.24, 2.45) is 5.92 Å². The Kier molecular flexibility index (Phi) is 10.5. The van der Waals surface area contributed by atoms with E-state index in [1.807, 2.05) is 0 Å². The highest BCUT2D eigenvalue weighted by atomic mass is 16.5. The van der Waals surface area contributed by atoms with E-state index in [1.54, 1.807) is 0 Å². The Bertz CT molecular complexity index is 167. The molecule has 96 valence electrons. The average Bonchev–Trinajstić information content (AvgIpc) is 2.22. The number of rotatable bonds is 10. The maximum absolute atomic E-state index is 11.3. The zero-order valence-electron chi connectivity index (χ0n) is 11.0. The molecule has 0 rings (SSSR count). The first-order valence-electron chi connectivity index (χ1n) is 6.40. The largest absolute Gasteiger partial charge is 0.466 e. The molecule has 0 heterocycles. The molecule has 16 heavy (non-hydrogen) atoms. The van der Waals surface area contributed by atoms with Gasteiger partial charge in [-0.3, -0.25) is 4.79 Å². The lowest BCUT2D eigenvalue weighted by Gasteiger charge is -2.06. The van der Waals surface area contributed by atoms with E-state index in [4.69, 9.17) is 9.47 Å². The van der Waals surface area contributed by atoms with E-state index in [-0.39, 0.29) is 5.97 Å². The Balaban J connectivity index is 3.17. The van der Waals surface area contributed by atoms with Gasteiger partial charge in [-0.25, -0.2) is 0 Å². The van der Waals surface area contributed by atoms with Crippen molar-refractivity contribution in [2.45, 2.75) is 52.9 Å². The Hall–Kier alpha value is -0.570. The van der Waals surface area contributed by atoms with Gasteiger partial charge >= 0.3 is 5.97 Å². The van der Waals surface area contributed by atoms with Crippen LogP contribution in [-0.2, 0) is 14.3 Å². The fourth-order valence-electron chi connectivity index (χ4n) is 1.20. The van der Waals surface area contributed by atoms with E-state index in [9.17, 15) is 4.79 Å². The number of ether oxygens (including phenoxy) is 2. The molecule has 0 aliphatic rings. The summed E-state index contributed by atoms with van der Waals surface area (Å²) in [7, 11) is 0. The first kappa shape index (κ1) is 15.4. The van der Waals surface area contributed by atoms with Crippen molar-refractivity contribution in [1.82, 2.24) is 0 Å². The molecule has 0 aliphatic heterocycles. The van der Waals surface area contributed by atoms with Crippen LogP contribution in [0.1, 0.15) is 52.9 Å². The average molecular weight is 230 g/mol. The van der Waals surface area contributed by atoms with Gasteiger partial charge in [0.15, 0.2) is 0 Å². The minimum absolute atomic E-state index is 0.0730. The van der Waals surface area contributed by atoms with Gasteiger partial charge in [-0.1, -0.05) is 20.8 Å². The van der Waals surface area contributed by atoms with Crippen LogP contribution in [0.5, 0.6) is 0 Å². The summed E-state index contributed by atoms with van der Waals surface area (Å²) in [6.45, 7) is 8.47. The topological polar surface area (TPSA) is 35.5 Å². The quantitative estimate of drug-likeness (QED) is 0.427. The number of carbonyl (C=O) groups excluding carboxylic acids is 1. The molecule has 3 nitrogen and oxygen atoms in total. The smallest absolute Gasteiger partial charge is 0.305 e. The normalized spacial score (nSPS) is 10.8. The van der Waals surface area contributed by atoms with Crippen molar-refractivity contribution in [1.29, 1.82) is 0 Å². The van der Waals surface area contributed by atoms with Gasteiger partial charge in [0, 0.05) is 19.6 Å². The van der Waals surface area contributed by atoms with Crippen molar-refractivity contribution in [3.8, 4) is 0 Å². The lowest BCUT2D eigenvalue weighted by Crippen LogP contribution is -2.08. The Morgan fingerprint density at radius 1 is 1.12 bits per heavy atom. The van der Waals surface area contributed by atoms with Gasteiger partial charge in [-0.2, -0.15) is 0 Å². The van der Waals surface area contributed by atoms with Crippen LogP contribution < -0.4 is 0 Å². The third-order valence-electron chi connectivity index (χ3n) is 2.23. The molecule has 0 aromatic rings. The van der Waals surface area contributed by atoms with Crippen LogP contribution in [0.2, 0.25) is 0 Å². The molecular weight excluding hydrogens is 204 g/mol. The summed E-state index contributed by atoms with van der Waals surface area (Å²) in [5.74, 6) is 0.520. The Morgan fingerprint density at radius 2 is 1.88 bits per heavy atom. The molecule has 3 heteroatoms. The summed E-state index contributed by atoms with van der Waals surface area (Å²) >= 11 is 0. The Labute approximate surface area is 99.5 Å². The molecule has 0 saturated heterocycles. The van der Waals surface area contributed by atoms with Crippen LogP contribution in [0.25, 0.3) is 0 Å². The SMILES string of the molecule is CCCOCCCCC(=O)OCCC(C)C. The second-order valence-electron chi connectivity index (χ2n) is 4.47. The first-order chi connectivity index (χ1) is 7.66. The number of esters is 1. The van der Waals surface area contributed by atoms with Gasteiger partial charge in [0.1, 0.15) is 0 Å². The second-order valence-corrected chi connectivity index (χ2v) is 4.47. The molecule has 0 spiro atoms. The third-order valence-corrected chi connectivity index (χ3v) is 2.23. The highest BCUT2D eigenvalue weighted by Crippen LogP contribution is 2.02. The maximum Gasteiger partial charge on any atom is 0.305 e. The van der Waals surface area contributed by atoms with E-state index >= 15 is 0 Å². The van der Waals surface area contributed by atoms with Crippen LogP contribution in [0.4, 0.5) is 0 Å². The van der Waals surface area contributed by atoms with Crippen molar-refractivity contribution in [3.63, 3.8) is 0 Å². The van der Waals surface area contributed by atoms with Crippen LogP contribution in [0, 0.1) is 5.92 Å².